The van der Waals surface area contributed by atoms with Crippen LogP contribution in [0.15, 0.2) is 77.8 Å². The van der Waals surface area contributed by atoms with Gasteiger partial charge >= 0.3 is 0 Å². The van der Waals surface area contributed by atoms with Crippen molar-refractivity contribution in [1.82, 2.24) is 9.29 Å². The fraction of sp³-hybridized carbons (Fsp3) is 0.217. The van der Waals surface area contributed by atoms with Crippen molar-refractivity contribution >= 4 is 27.4 Å². The molecule has 8 heteroatoms. The average Bonchev–Trinajstić information content (AvgIpc) is 2.81. The molecule has 0 spiro atoms. The van der Waals surface area contributed by atoms with E-state index in [0.717, 1.165) is 11.4 Å². The van der Waals surface area contributed by atoms with Gasteiger partial charge in [-0.15, -0.1) is 0 Å². The summed E-state index contributed by atoms with van der Waals surface area (Å²) in [5.74, 6) is 0.569. The minimum atomic E-state index is -3.48. The standard InChI is InChI=1S/C23H24N4O3S/c1-18-7-9-19(10-8-18)23(28)25-20-11-12-22(24-17-20)26-13-15-27(16-14-26)31(29,30)21-5-3-2-4-6-21/h2-12,17H,13-16H2,1H3,(H,25,28). The van der Waals surface area contributed by atoms with Gasteiger partial charge < -0.3 is 10.2 Å². The maximum absolute atomic E-state index is 12.8. The van der Waals surface area contributed by atoms with Crippen molar-refractivity contribution in [1.29, 1.82) is 0 Å². The largest absolute Gasteiger partial charge is 0.354 e. The molecule has 31 heavy (non-hydrogen) atoms. The highest BCUT2D eigenvalue weighted by Crippen LogP contribution is 2.21. The van der Waals surface area contributed by atoms with Crippen molar-refractivity contribution in [2.45, 2.75) is 11.8 Å². The van der Waals surface area contributed by atoms with Crippen LogP contribution in [0.2, 0.25) is 0 Å². The fourth-order valence-electron chi connectivity index (χ4n) is 3.45. The number of aryl methyl sites for hydroxylation is 1. The molecule has 0 aliphatic carbocycles. The zero-order valence-corrected chi connectivity index (χ0v) is 18.0. The predicted octanol–water partition coefficient (Wildman–Crippen LogP) is 3.15. The van der Waals surface area contributed by atoms with E-state index >= 15 is 0 Å². The molecule has 1 N–H and O–H groups in total. The molecule has 1 aromatic heterocycles. The Balaban J connectivity index is 1.36. The summed E-state index contributed by atoms with van der Waals surface area (Å²) in [5, 5.41) is 2.85. The summed E-state index contributed by atoms with van der Waals surface area (Å²) in [6.45, 7) is 3.86. The molecule has 0 unspecified atom stereocenters. The Hall–Kier alpha value is -3.23. The summed E-state index contributed by atoms with van der Waals surface area (Å²) in [5.41, 5.74) is 2.30. The summed E-state index contributed by atoms with van der Waals surface area (Å²) in [6.07, 6.45) is 1.62. The van der Waals surface area contributed by atoms with E-state index < -0.39 is 10.0 Å². The van der Waals surface area contributed by atoms with Gasteiger partial charge in [0.1, 0.15) is 5.82 Å². The molecule has 0 saturated carbocycles. The predicted molar refractivity (Wildman–Crippen MR) is 121 cm³/mol. The van der Waals surface area contributed by atoms with Gasteiger partial charge in [-0.2, -0.15) is 4.31 Å². The van der Waals surface area contributed by atoms with Crippen LogP contribution in [0.4, 0.5) is 11.5 Å². The van der Waals surface area contributed by atoms with E-state index in [9.17, 15) is 13.2 Å². The van der Waals surface area contributed by atoms with E-state index in [1.165, 1.54) is 4.31 Å². The average molecular weight is 437 g/mol. The van der Waals surface area contributed by atoms with Gasteiger partial charge in [0.15, 0.2) is 0 Å². The van der Waals surface area contributed by atoms with Gasteiger partial charge in [-0.05, 0) is 43.3 Å². The van der Waals surface area contributed by atoms with Crippen LogP contribution in [-0.2, 0) is 10.0 Å². The van der Waals surface area contributed by atoms with Crippen molar-refractivity contribution in [2.24, 2.45) is 0 Å². The first-order valence-electron chi connectivity index (χ1n) is 10.1. The molecule has 0 atom stereocenters. The third kappa shape index (κ3) is 4.76. The van der Waals surface area contributed by atoms with Crippen LogP contribution >= 0.6 is 0 Å². The van der Waals surface area contributed by atoms with E-state index in [4.69, 9.17) is 0 Å². The minimum Gasteiger partial charge on any atom is -0.354 e. The number of carbonyl (C=O) groups excluding carboxylic acids is 1. The highest BCUT2D eigenvalue weighted by atomic mass is 32.2. The van der Waals surface area contributed by atoms with Crippen molar-refractivity contribution in [3.63, 3.8) is 0 Å². The van der Waals surface area contributed by atoms with Gasteiger partial charge in [0.25, 0.3) is 5.91 Å². The van der Waals surface area contributed by atoms with Gasteiger partial charge in [0, 0.05) is 31.7 Å². The Morgan fingerprint density at radius 3 is 2.19 bits per heavy atom. The zero-order valence-electron chi connectivity index (χ0n) is 17.2. The second-order valence-corrected chi connectivity index (χ2v) is 9.37. The number of benzene rings is 2. The Labute approximate surface area is 182 Å². The van der Waals surface area contributed by atoms with E-state index in [1.54, 1.807) is 48.7 Å². The second kappa shape index (κ2) is 8.87. The first-order chi connectivity index (χ1) is 14.9. The molecule has 4 rings (SSSR count). The summed E-state index contributed by atoms with van der Waals surface area (Å²) in [4.78, 5) is 19.2. The maximum atomic E-state index is 12.8. The number of pyridine rings is 1. The number of rotatable bonds is 5. The van der Waals surface area contributed by atoms with Crippen molar-refractivity contribution < 1.29 is 13.2 Å². The summed E-state index contributed by atoms with van der Waals surface area (Å²) >= 11 is 0. The lowest BCUT2D eigenvalue weighted by molar-refractivity contribution is 0.102. The van der Waals surface area contributed by atoms with Crippen LogP contribution in [0.1, 0.15) is 15.9 Å². The van der Waals surface area contributed by atoms with Crippen LogP contribution in [0.3, 0.4) is 0 Å². The number of carbonyl (C=O) groups is 1. The van der Waals surface area contributed by atoms with Gasteiger partial charge in [-0.1, -0.05) is 35.9 Å². The molecular formula is C23H24N4O3S. The number of hydrogen-bond donors (Lipinski definition) is 1. The molecule has 7 nitrogen and oxygen atoms in total. The Morgan fingerprint density at radius 2 is 1.58 bits per heavy atom. The molecule has 1 saturated heterocycles. The van der Waals surface area contributed by atoms with Crippen LogP contribution in [-0.4, -0.2) is 49.8 Å². The quantitative estimate of drug-likeness (QED) is 0.664. The fourth-order valence-corrected chi connectivity index (χ4v) is 4.90. The van der Waals surface area contributed by atoms with Crippen LogP contribution in [0.5, 0.6) is 0 Å². The number of nitrogens with one attached hydrogen (secondary N) is 1. The summed E-state index contributed by atoms with van der Waals surface area (Å²) in [7, 11) is -3.48. The van der Waals surface area contributed by atoms with Crippen molar-refractivity contribution in [3.8, 4) is 0 Å². The van der Waals surface area contributed by atoms with Crippen molar-refractivity contribution in [3.05, 3.63) is 84.1 Å². The molecule has 2 heterocycles. The summed E-state index contributed by atoms with van der Waals surface area (Å²) in [6, 6.07) is 19.5. The third-order valence-electron chi connectivity index (χ3n) is 5.26. The number of amides is 1. The van der Waals surface area contributed by atoms with Crippen molar-refractivity contribution in [2.75, 3.05) is 36.4 Å². The third-order valence-corrected chi connectivity index (χ3v) is 7.18. The van der Waals surface area contributed by atoms with E-state index in [1.807, 2.05) is 36.1 Å². The first-order valence-corrected chi connectivity index (χ1v) is 11.5. The highest BCUT2D eigenvalue weighted by molar-refractivity contribution is 7.89. The monoisotopic (exact) mass is 436 g/mol. The molecule has 2 aromatic carbocycles. The second-order valence-electron chi connectivity index (χ2n) is 7.43. The molecule has 3 aromatic rings. The number of aromatic nitrogens is 1. The molecule has 160 valence electrons. The SMILES string of the molecule is Cc1ccc(C(=O)Nc2ccc(N3CCN(S(=O)(=O)c4ccccc4)CC3)nc2)cc1. The highest BCUT2D eigenvalue weighted by Gasteiger charge is 2.28. The van der Waals surface area contributed by atoms with Crippen LogP contribution in [0.25, 0.3) is 0 Å². The number of sulfonamides is 1. The lowest BCUT2D eigenvalue weighted by Crippen LogP contribution is -2.48. The molecule has 1 aliphatic heterocycles. The van der Waals surface area contributed by atoms with Gasteiger partial charge in [-0.25, -0.2) is 13.4 Å². The molecular weight excluding hydrogens is 412 g/mol. The normalized spacial score (nSPS) is 14.9. The van der Waals surface area contributed by atoms with Crippen LogP contribution in [0, 0.1) is 6.92 Å². The van der Waals surface area contributed by atoms with Crippen LogP contribution < -0.4 is 10.2 Å². The first kappa shape index (κ1) is 21.0. The lowest BCUT2D eigenvalue weighted by Gasteiger charge is -2.34. The van der Waals surface area contributed by atoms with E-state index in [-0.39, 0.29) is 5.91 Å². The molecule has 0 bridgehead atoms. The Kier molecular flexibility index (Phi) is 6.01. The van der Waals surface area contributed by atoms with E-state index in [2.05, 4.69) is 10.3 Å². The number of anilines is 2. The van der Waals surface area contributed by atoms with Gasteiger partial charge in [0.05, 0.1) is 16.8 Å². The molecule has 1 aliphatic rings. The van der Waals surface area contributed by atoms with E-state index in [0.29, 0.717) is 42.3 Å². The maximum Gasteiger partial charge on any atom is 0.255 e. The smallest absolute Gasteiger partial charge is 0.255 e. The molecule has 0 radical (unpaired) electrons. The number of piperazine rings is 1. The number of hydrogen-bond acceptors (Lipinski definition) is 5. The Morgan fingerprint density at radius 1 is 0.903 bits per heavy atom. The molecule has 1 fully saturated rings. The topological polar surface area (TPSA) is 82.6 Å². The van der Waals surface area contributed by atoms with Gasteiger partial charge in [0.2, 0.25) is 10.0 Å². The number of nitrogens with zero attached hydrogens (tertiary/aromatic N) is 3. The zero-order chi connectivity index (χ0) is 21.8. The van der Waals surface area contributed by atoms with Gasteiger partial charge in [-0.3, -0.25) is 4.79 Å². The Bertz CT molecular complexity index is 1140. The minimum absolute atomic E-state index is 0.186. The lowest BCUT2D eigenvalue weighted by atomic mass is 10.1. The molecule has 1 amide bonds. The summed E-state index contributed by atoms with van der Waals surface area (Å²) < 4.78 is 27.0.